The van der Waals surface area contributed by atoms with Crippen molar-refractivity contribution in [3.8, 4) is 0 Å². The van der Waals surface area contributed by atoms with E-state index in [-0.39, 0.29) is 5.56 Å². The van der Waals surface area contributed by atoms with E-state index in [1.54, 1.807) is 18.2 Å². The zero-order valence-electron chi connectivity index (χ0n) is 13.0. The minimum absolute atomic E-state index is 0.249. The highest BCUT2D eigenvalue weighted by Gasteiger charge is 2.05. The molecule has 3 nitrogen and oxygen atoms in total. The van der Waals surface area contributed by atoms with E-state index < -0.39 is 11.6 Å². The van der Waals surface area contributed by atoms with Gasteiger partial charge in [0.25, 0.3) is 5.56 Å². The molecule has 0 unspecified atom stereocenters. The highest BCUT2D eigenvalue weighted by Crippen LogP contribution is 2.19. The van der Waals surface area contributed by atoms with E-state index in [1.165, 1.54) is 6.07 Å². The maximum atomic E-state index is 13.2. The van der Waals surface area contributed by atoms with Crippen molar-refractivity contribution in [2.75, 3.05) is 0 Å². The van der Waals surface area contributed by atoms with Crippen LogP contribution in [0.4, 0.5) is 8.78 Å². The van der Waals surface area contributed by atoms with Gasteiger partial charge in [-0.25, -0.2) is 13.8 Å². The monoisotopic (exact) mass is 334 g/mol. The molecule has 4 aromatic rings. The molecule has 1 heterocycles. The lowest BCUT2D eigenvalue weighted by atomic mass is 10.1. The predicted molar refractivity (Wildman–Crippen MR) is 95.2 cm³/mol. The molecule has 0 radical (unpaired) electrons. The fraction of sp³-hybridized carbons (Fsp3) is 0. The lowest BCUT2D eigenvalue weighted by molar-refractivity contribution is 0.508. The molecule has 0 atom stereocenters. The quantitative estimate of drug-likeness (QED) is 0.548. The van der Waals surface area contributed by atoms with Gasteiger partial charge >= 0.3 is 0 Å². The van der Waals surface area contributed by atoms with Gasteiger partial charge in [-0.2, -0.15) is 0 Å². The Labute approximate surface area is 141 Å². The molecular weight excluding hydrogens is 322 g/mol. The normalized spacial score (nSPS) is 11.6. The van der Waals surface area contributed by atoms with Crippen LogP contribution in [0.5, 0.6) is 0 Å². The number of fused-ring (bicyclic) bond motifs is 2. The minimum atomic E-state index is -0.923. The van der Waals surface area contributed by atoms with Gasteiger partial charge in [0, 0.05) is 0 Å². The molecule has 122 valence electrons. The van der Waals surface area contributed by atoms with Crippen molar-refractivity contribution in [3.05, 3.63) is 88.0 Å². The molecule has 0 spiro atoms. The first-order valence-electron chi connectivity index (χ1n) is 7.66. The second-order valence-electron chi connectivity index (χ2n) is 5.67. The number of nitrogens with one attached hydrogen (secondary N) is 1. The highest BCUT2D eigenvalue weighted by atomic mass is 19.2. The predicted octanol–water partition coefficient (Wildman–Crippen LogP) is 4.52. The fourth-order valence-electron chi connectivity index (χ4n) is 2.71. The zero-order chi connectivity index (χ0) is 17.4. The number of aromatic nitrogens is 2. The molecule has 0 aliphatic carbocycles. The number of aromatic amines is 1. The summed E-state index contributed by atoms with van der Waals surface area (Å²) in [6.07, 6.45) is 3.12. The second-order valence-corrected chi connectivity index (χ2v) is 5.67. The molecule has 0 fully saturated rings. The lowest BCUT2D eigenvalue weighted by Crippen LogP contribution is -2.09. The smallest absolute Gasteiger partial charge is 0.259 e. The summed E-state index contributed by atoms with van der Waals surface area (Å²) in [5.41, 5.74) is 0.799. The number of nitrogens with zero attached hydrogens (tertiary/aromatic N) is 1. The molecule has 0 aliphatic heterocycles. The third kappa shape index (κ3) is 2.92. The van der Waals surface area contributed by atoms with E-state index in [0.29, 0.717) is 22.3 Å². The van der Waals surface area contributed by atoms with E-state index in [1.807, 2.05) is 30.3 Å². The SMILES string of the molecule is O=c1[nH]c(/C=C/c2ccc(F)c(F)c2)nc2cc3ccccc3cc12. The Morgan fingerprint density at radius 1 is 0.880 bits per heavy atom. The maximum Gasteiger partial charge on any atom is 0.259 e. The Morgan fingerprint density at radius 3 is 2.40 bits per heavy atom. The van der Waals surface area contributed by atoms with Crippen molar-refractivity contribution < 1.29 is 8.78 Å². The molecule has 3 aromatic carbocycles. The van der Waals surface area contributed by atoms with Crippen molar-refractivity contribution in [2.24, 2.45) is 0 Å². The van der Waals surface area contributed by atoms with Crippen LogP contribution in [-0.4, -0.2) is 9.97 Å². The van der Waals surface area contributed by atoms with Crippen LogP contribution in [0.3, 0.4) is 0 Å². The van der Waals surface area contributed by atoms with Crippen molar-refractivity contribution >= 4 is 33.8 Å². The maximum absolute atomic E-state index is 13.2. The van der Waals surface area contributed by atoms with Gasteiger partial charge < -0.3 is 4.98 Å². The third-order valence-corrected chi connectivity index (χ3v) is 3.97. The van der Waals surface area contributed by atoms with Gasteiger partial charge in [-0.1, -0.05) is 36.4 Å². The Bertz CT molecular complexity index is 1200. The van der Waals surface area contributed by atoms with Gasteiger partial charge in [0.15, 0.2) is 11.6 Å². The van der Waals surface area contributed by atoms with Crippen molar-refractivity contribution in [1.29, 1.82) is 0 Å². The topological polar surface area (TPSA) is 45.8 Å². The Morgan fingerprint density at radius 2 is 1.64 bits per heavy atom. The Hall–Kier alpha value is -3.34. The lowest BCUT2D eigenvalue weighted by Gasteiger charge is -2.02. The fourth-order valence-corrected chi connectivity index (χ4v) is 2.71. The van der Waals surface area contributed by atoms with Crippen LogP contribution >= 0.6 is 0 Å². The highest BCUT2D eigenvalue weighted by molar-refractivity contribution is 5.96. The standard InChI is InChI=1S/C20H12F2N2O/c21-16-7-5-12(9-17(16)22)6-8-19-23-18-11-14-4-2-1-3-13(14)10-15(18)20(25)24-19/h1-11H,(H,23,24,25)/b8-6+. The van der Waals surface area contributed by atoms with E-state index in [9.17, 15) is 13.6 Å². The second kappa shape index (κ2) is 5.94. The van der Waals surface area contributed by atoms with Gasteiger partial charge in [-0.15, -0.1) is 0 Å². The van der Waals surface area contributed by atoms with Crippen molar-refractivity contribution in [2.45, 2.75) is 0 Å². The van der Waals surface area contributed by atoms with E-state index >= 15 is 0 Å². The largest absolute Gasteiger partial charge is 0.306 e. The summed E-state index contributed by atoms with van der Waals surface area (Å²) in [4.78, 5) is 19.4. The first-order chi connectivity index (χ1) is 12.1. The molecule has 1 aromatic heterocycles. The number of H-pyrrole nitrogens is 1. The van der Waals surface area contributed by atoms with Crippen LogP contribution in [0.25, 0.3) is 33.8 Å². The summed E-state index contributed by atoms with van der Waals surface area (Å²) in [7, 11) is 0. The van der Waals surface area contributed by atoms with Gasteiger partial charge in [-0.3, -0.25) is 4.79 Å². The van der Waals surface area contributed by atoms with Crippen LogP contribution in [0.15, 0.2) is 59.4 Å². The Balaban J connectivity index is 1.79. The van der Waals surface area contributed by atoms with Crippen LogP contribution < -0.4 is 5.56 Å². The molecule has 1 N–H and O–H groups in total. The molecule has 25 heavy (non-hydrogen) atoms. The van der Waals surface area contributed by atoms with Gasteiger partial charge in [-0.05, 0) is 46.7 Å². The number of benzene rings is 3. The molecule has 5 heteroatoms. The first kappa shape index (κ1) is 15.2. The number of halogens is 2. The average molecular weight is 334 g/mol. The van der Waals surface area contributed by atoms with Gasteiger partial charge in [0.05, 0.1) is 10.9 Å². The third-order valence-electron chi connectivity index (χ3n) is 3.97. The molecule has 0 amide bonds. The molecular formula is C20H12F2N2O. The zero-order valence-corrected chi connectivity index (χ0v) is 13.0. The molecule has 0 bridgehead atoms. The van der Waals surface area contributed by atoms with Crippen molar-refractivity contribution in [3.63, 3.8) is 0 Å². The summed E-state index contributed by atoms with van der Waals surface area (Å²) in [5, 5.41) is 2.46. The molecule has 4 rings (SSSR count). The number of rotatable bonds is 2. The summed E-state index contributed by atoms with van der Waals surface area (Å²) >= 11 is 0. The Kier molecular flexibility index (Phi) is 3.61. The molecule has 0 saturated heterocycles. The van der Waals surface area contributed by atoms with Crippen LogP contribution in [0, 0.1) is 11.6 Å². The summed E-state index contributed by atoms with van der Waals surface area (Å²) in [6.45, 7) is 0. The van der Waals surface area contributed by atoms with E-state index in [0.717, 1.165) is 22.9 Å². The van der Waals surface area contributed by atoms with Crippen LogP contribution in [-0.2, 0) is 0 Å². The summed E-state index contributed by atoms with van der Waals surface area (Å²) < 4.78 is 26.2. The van der Waals surface area contributed by atoms with Crippen LogP contribution in [0.1, 0.15) is 11.4 Å². The number of hydrogen-bond donors (Lipinski definition) is 1. The minimum Gasteiger partial charge on any atom is -0.306 e. The van der Waals surface area contributed by atoms with Crippen molar-refractivity contribution in [1.82, 2.24) is 9.97 Å². The van der Waals surface area contributed by atoms with Gasteiger partial charge in [0.1, 0.15) is 5.82 Å². The van der Waals surface area contributed by atoms with Gasteiger partial charge in [0.2, 0.25) is 0 Å². The first-order valence-corrected chi connectivity index (χ1v) is 7.66. The molecule has 0 saturated carbocycles. The molecule has 0 aliphatic rings. The van der Waals surface area contributed by atoms with E-state index in [2.05, 4.69) is 9.97 Å². The van der Waals surface area contributed by atoms with E-state index in [4.69, 9.17) is 0 Å². The number of hydrogen-bond acceptors (Lipinski definition) is 2. The average Bonchev–Trinajstić information content (AvgIpc) is 2.61. The van der Waals surface area contributed by atoms with Crippen LogP contribution in [0.2, 0.25) is 0 Å². The summed E-state index contributed by atoms with van der Waals surface area (Å²) in [5.74, 6) is -1.48. The summed E-state index contributed by atoms with van der Waals surface area (Å²) in [6, 6.07) is 15.0.